The van der Waals surface area contributed by atoms with Crippen LogP contribution in [0, 0.1) is 0 Å². The first-order chi connectivity index (χ1) is 8.29. The Bertz CT molecular complexity index is 436. The SMILES string of the molecule is CNCCN(C)Cc1csc(-c2ccsc2)n1. The summed E-state index contributed by atoms with van der Waals surface area (Å²) in [5.74, 6) is 0. The third-order valence-electron chi connectivity index (χ3n) is 2.50. The van der Waals surface area contributed by atoms with Crippen molar-refractivity contribution in [2.75, 3.05) is 27.2 Å². The number of nitrogens with one attached hydrogen (secondary N) is 1. The molecule has 2 rings (SSSR count). The van der Waals surface area contributed by atoms with Crippen LogP contribution in [0.25, 0.3) is 10.6 Å². The van der Waals surface area contributed by atoms with Crippen molar-refractivity contribution in [2.45, 2.75) is 6.54 Å². The molecular weight excluding hydrogens is 250 g/mol. The molecule has 1 N–H and O–H groups in total. The molecule has 3 nitrogen and oxygen atoms in total. The minimum atomic E-state index is 0.919. The second-order valence-electron chi connectivity index (χ2n) is 4.00. The average molecular weight is 267 g/mol. The molecule has 2 heterocycles. The van der Waals surface area contributed by atoms with Gasteiger partial charge in [-0.2, -0.15) is 11.3 Å². The van der Waals surface area contributed by atoms with Gasteiger partial charge in [-0.15, -0.1) is 11.3 Å². The van der Waals surface area contributed by atoms with E-state index in [0.29, 0.717) is 0 Å². The number of hydrogen-bond donors (Lipinski definition) is 1. The fourth-order valence-corrected chi connectivity index (χ4v) is 3.08. The van der Waals surface area contributed by atoms with Gasteiger partial charge in [-0.1, -0.05) is 0 Å². The molecule has 5 heteroatoms. The molecule has 0 bridgehead atoms. The van der Waals surface area contributed by atoms with Gasteiger partial charge in [0.1, 0.15) is 5.01 Å². The maximum Gasteiger partial charge on any atom is 0.124 e. The van der Waals surface area contributed by atoms with Gasteiger partial charge in [0.05, 0.1) is 5.69 Å². The third-order valence-corrected chi connectivity index (χ3v) is 4.12. The summed E-state index contributed by atoms with van der Waals surface area (Å²) in [6.07, 6.45) is 0. The van der Waals surface area contributed by atoms with Crippen molar-refractivity contribution >= 4 is 22.7 Å². The van der Waals surface area contributed by atoms with E-state index in [1.165, 1.54) is 5.56 Å². The van der Waals surface area contributed by atoms with Gasteiger partial charge in [-0.05, 0) is 25.5 Å². The first-order valence-corrected chi connectivity index (χ1v) is 7.42. The van der Waals surface area contributed by atoms with Crippen molar-refractivity contribution in [1.29, 1.82) is 0 Å². The lowest BCUT2D eigenvalue weighted by Crippen LogP contribution is -2.27. The summed E-state index contributed by atoms with van der Waals surface area (Å²) in [4.78, 5) is 6.94. The highest BCUT2D eigenvalue weighted by Gasteiger charge is 2.06. The highest BCUT2D eigenvalue weighted by Crippen LogP contribution is 2.25. The number of nitrogens with zero attached hydrogens (tertiary/aromatic N) is 2. The standard InChI is InChI=1S/C12H17N3S2/c1-13-4-5-15(2)7-11-9-17-12(14-11)10-3-6-16-8-10/h3,6,8-9,13H,4-5,7H2,1-2H3. The van der Waals surface area contributed by atoms with Crippen LogP contribution in [-0.4, -0.2) is 37.1 Å². The molecule has 0 unspecified atom stereocenters. The molecule has 0 aliphatic carbocycles. The van der Waals surface area contributed by atoms with Crippen molar-refractivity contribution in [3.05, 3.63) is 27.9 Å². The summed E-state index contributed by atoms with van der Waals surface area (Å²) in [6, 6.07) is 2.12. The Morgan fingerprint density at radius 3 is 3.00 bits per heavy atom. The molecule has 0 spiro atoms. The fraction of sp³-hybridized carbons (Fsp3) is 0.417. The van der Waals surface area contributed by atoms with E-state index in [2.05, 4.69) is 44.5 Å². The molecule has 92 valence electrons. The molecule has 2 aromatic heterocycles. The normalized spacial score (nSPS) is 11.2. The molecule has 2 aromatic rings. The van der Waals surface area contributed by atoms with Crippen LogP contribution in [0.4, 0.5) is 0 Å². The molecule has 0 atom stereocenters. The molecule has 0 aliphatic heterocycles. The van der Waals surface area contributed by atoms with Gasteiger partial charge < -0.3 is 5.32 Å². The summed E-state index contributed by atoms with van der Waals surface area (Å²) in [5, 5.41) is 10.7. The Balaban J connectivity index is 1.94. The van der Waals surface area contributed by atoms with Crippen LogP contribution in [0.2, 0.25) is 0 Å². The second-order valence-corrected chi connectivity index (χ2v) is 5.64. The molecular formula is C12H17N3S2. The molecule has 0 aliphatic rings. The monoisotopic (exact) mass is 267 g/mol. The van der Waals surface area contributed by atoms with Crippen LogP contribution < -0.4 is 5.32 Å². The second kappa shape index (κ2) is 6.26. The Morgan fingerprint density at radius 1 is 1.41 bits per heavy atom. The number of rotatable bonds is 6. The summed E-state index contributed by atoms with van der Waals surface area (Å²) in [6.45, 7) is 2.97. The minimum absolute atomic E-state index is 0.919. The van der Waals surface area contributed by atoms with Crippen molar-refractivity contribution in [2.24, 2.45) is 0 Å². The lowest BCUT2D eigenvalue weighted by atomic mass is 10.3. The zero-order chi connectivity index (χ0) is 12.1. The predicted molar refractivity (Wildman–Crippen MR) is 75.7 cm³/mol. The predicted octanol–water partition coefficient (Wildman–Crippen LogP) is 2.52. The van der Waals surface area contributed by atoms with E-state index < -0.39 is 0 Å². The maximum atomic E-state index is 4.66. The van der Waals surface area contributed by atoms with Crippen molar-refractivity contribution in [3.63, 3.8) is 0 Å². The van der Waals surface area contributed by atoms with Gasteiger partial charge >= 0.3 is 0 Å². The highest BCUT2D eigenvalue weighted by molar-refractivity contribution is 7.14. The highest BCUT2D eigenvalue weighted by atomic mass is 32.1. The first-order valence-electron chi connectivity index (χ1n) is 5.59. The number of thiophene rings is 1. The lowest BCUT2D eigenvalue weighted by Gasteiger charge is -2.14. The van der Waals surface area contributed by atoms with E-state index in [9.17, 15) is 0 Å². The largest absolute Gasteiger partial charge is 0.318 e. The molecule has 0 amide bonds. The molecule has 0 saturated carbocycles. The number of aromatic nitrogens is 1. The van der Waals surface area contributed by atoms with E-state index in [4.69, 9.17) is 0 Å². The van der Waals surface area contributed by atoms with Crippen LogP contribution in [0.15, 0.2) is 22.2 Å². The van der Waals surface area contributed by atoms with Crippen molar-refractivity contribution in [1.82, 2.24) is 15.2 Å². The number of likely N-dealkylation sites (N-methyl/N-ethyl adjacent to an activating group) is 2. The third kappa shape index (κ3) is 3.61. The van der Waals surface area contributed by atoms with Crippen LogP contribution in [0.5, 0.6) is 0 Å². The Kier molecular flexibility index (Phi) is 4.67. The van der Waals surface area contributed by atoms with E-state index >= 15 is 0 Å². The topological polar surface area (TPSA) is 28.2 Å². The molecule has 0 aromatic carbocycles. The van der Waals surface area contributed by atoms with E-state index in [1.54, 1.807) is 22.7 Å². The first kappa shape index (κ1) is 12.7. The molecule has 0 fully saturated rings. The van der Waals surface area contributed by atoms with Crippen LogP contribution in [0.3, 0.4) is 0 Å². The molecule has 0 radical (unpaired) electrons. The van der Waals surface area contributed by atoms with E-state index in [0.717, 1.165) is 30.3 Å². The summed E-state index contributed by atoms with van der Waals surface area (Å²) in [7, 11) is 4.10. The van der Waals surface area contributed by atoms with Crippen LogP contribution in [-0.2, 0) is 6.54 Å². The number of thiazole rings is 1. The summed E-state index contributed by atoms with van der Waals surface area (Å²) < 4.78 is 0. The quantitative estimate of drug-likeness (QED) is 0.872. The maximum absolute atomic E-state index is 4.66. The van der Waals surface area contributed by atoms with Gasteiger partial charge in [-0.25, -0.2) is 4.98 Å². The summed E-state index contributed by atoms with van der Waals surface area (Å²) >= 11 is 3.44. The van der Waals surface area contributed by atoms with E-state index in [1.807, 2.05) is 7.05 Å². The zero-order valence-corrected chi connectivity index (χ0v) is 11.8. The Morgan fingerprint density at radius 2 is 2.29 bits per heavy atom. The van der Waals surface area contributed by atoms with Gasteiger partial charge in [0.15, 0.2) is 0 Å². The van der Waals surface area contributed by atoms with Crippen molar-refractivity contribution < 1.29 is 0 Å². The summed E-state index contributed by atoms with van der Waals surface area (Å²) in [5.41, 5.74) is 2.40. The zero-order valence-electron chi connectivity index (χ0n) is 10.1. The Labute approximate surface area is 110 Å². The smallest absolute Gasteiger partial charge is 0.124 e. The van der Waals surface area contributed by atoms with Crippen LogP contribution in [0.1, 0.15) is 5.69 Å². The average Bonchev–Trinajstić information content (AvgIpc) is 2.95. The van der Waals surface area contributed by atoms with Crippen molar-refractivity contribution in [3.8, 4) is 10.6 Å². The van der Waals surface area contributed by atoms with Gasteiger partial charge in [-0.3, -0.25) is 4.90 Å². The van der Waals surface area contributed by atoms with Gasteiger partial charge in [0.2, 0.25) is 0 Å². The number of hydrogen-bond acceptors (Lipinski definition) is 5. The Hall–Kier alpha value is -0.750. The van der Waals surface area contributed by atoms with Gasteiger partial charge in [0.25, 0.3) is 0 Å². The van der Waals surface area contributed by atoms with Gasteiger partial charge in [0, 0.05) is 36.0 Å². The lowest BCUT2D eigenvalue weighted by molar-refractivity contribution is 0.325. The fourth-order valence-electron chi connectivity index (χ4n) is 1.56. The minimum Gasteiger partial charge on any atom is -0.318 e. The van der Waals surface area contributed by atoms with Crippen LogP contribution >= 0.6 is 22.7 Å². The molecule has 17 heavy (non-hydrogen) atoms. The van der Waals surface area contributed by atoms with E-state index in [-0.39, 0.29) is 0 Å². The molecule has 0 saturated heterocycles.